The van der Waals surface area contributed by atoms with E-state index in [-0.39, 0.29) is 5.91 Å². The van der Waals surface area contributed by atoms with Crippen molar-refractivity contribution in [1.82, 2.24) is 10.3 Å². The van der Waals surface area contributed by atoms with E-state index in [2.05, 4.69) is 16.4 Å². The normalized spacial score (nSPS) is 15.2. The van der Waals surface area contributed by atoms with Gasteiger partial charge >= 0.3 is 0 Å². The number of hydrogen-bond donors (Lipinski definition) is 2. The molecule has 0 fully saturated rings. The Labute approximate surface area is 101 Å². The van der Waals surface area contributed by atoms with E-state index in [1.807, 2.05) is 0 Å². The second kappa shape index (κ2) is 5.48. The van der Waals surface area contributed by atoms with Gasteiger partial charge in [0.1, 0.15) is 5.69 Å². The maximum Gasteiger partial charge on any atom is 0.270 e. The van der Waals surface area contributed by atoms with Crippen LogP contribution in [-0.4, -0.2) is 17.4 Å². The van der Waals surface area contributed by atoms with Crippen LogP contribution in [0.1, 0.15) is 36.2 Å². The molecule has 1 heterocycles. The van der Waals surface area contributed by atoms with Crippen molar-refractivity contribution in [2.75, 3.05) is 12.3 Å². The monoisotopic (exact) mass is 231 g/mol. The van der Waals surface area contributed by atoms with E-state index in [0.29, 0.717) is 17.9 Å². The number of nitrogens with two attached hydrogens (primary N) is 1. The number of carbonyl (C=O) groups is 1. The standard InChI is InChI=1S/C13H17N3O/c14-11-6-7-15-12(8-11)13(17)16-9-10-4-2-1-3-5-10/h4,6-8H,1-3,5,9H2,(H2,14,15)(H,16,17). The van der Waals surface area contributed by atoms with Crippen LogP contribution in [0.2, 0.25) is 0 Å². The number of carbonyl (C=O) groups excluding carboxylic acids is 1. The average molecular weight is 231 g/mol. The van der Waals surface area contributed by atoms with Crippen molar-refractivity contribution in [1.29, 1.82) is 0 Å². The van der Waals surface area contributed by atoms with Crippen molar-refractivity contribution in [3.05, 3.63) is 35.7 Å². The summed E-state index contributed by atoms with van der Waals surface area (Å²) in [5.74, 6) is -0.163. The lowest BCUT2D eigenvalue weighted by Gasteiger charge is -2.13. The minimum absolute atomic E-state index is 0.163. The molecule has 0 radical (unpaired) electrons. The summed E-state index contributed by atoms with van der Waals surface area (Å²) in [6, 6.07) is 3.25. The van der Waals surface area contributed by atoms with Crippen LogP contribution in [0.5, 0.6) is 0 Å². The number of nitrogens with zero attached hydrogens (tertiary/aromatic N) is 1. The summed E-state index contributed by atoms with van der Waals surface area (Å²) in [5, 5.41) is 2.87. The Hall–Kier alpha value is -1.84. The highest BCUT2D eigenvalue weighted by Gasteiger charge is 2.09. The molecule has 0 saturated heterocycles. The number of rotatable bonds is 3. The van der Waals surface area contributed by atoms with E-state index < -0.39 is 0 Å². The minimum atomic E-state index is -0.163. The molecule has 3 N–H and O–H groups in total. The van der Waals surface area contributed by atoms with Gasteiger partial charge in [0, 0.05) is 18.4 Å². The molecule has 1 aliphatic carbocycles. The van der Waals surface area contributed by atoms with Gasteiger partial charge in [-0.2, -0.15) is 0 Å². The van der Waals surface area contributed by atoms with Gasteiger partial charge in [-0.15, -0.1) is 0 Å². The molecule has 0 unspecified atom stereocenters. The fourth-order valence-corrected chi connectivity index (χ4v) is 1.92. The smallest absolute Gasteiger partial charge is 0.270 e. The summed E-state index contributed by atoms with van der Waals surface area (Å²) in [4.78, 5) is 15.8. The zero-order valence-corrected chi connectivity index (χ0v) is 9.78. The second-order valence-electron chi connectivity index (χ2n) is 4.27. The first-order valence-corrected chi connectivity index (χ1v) is 5.93. The van der Waals surface area contributed by atoms with E-state index in [9.17, 15) is 4.79 Å². The van der Waals surface area contributed by atoms with Crippen LogP contribution in [0.25, 0.3) is 0 Å². The van der Waals surface area contributed by atoms with Gasteiger partial charge in [-0.1, -0.05) is 11.6 Å². The third-order valence-electron chi connectivity index (χ3n) is 2.88. The summed E-state index contributed by atoms with van der Waals surface area (Å²) in [6.07, 6.45) is 8.46. The molecule has 0 spiro atoms. The lowest BCUT2D eigenvalue weighted by molar-refractivity contribution is 0.0951. The molecule has 4 nitrogen and oxygen atoms in total. The average Bonchev–Trinajstić information content (AvgIpc) is 2.37. The van der Waals surface area contributed by atoms with Crippen LogP contribution in [0.15, 0.2) is 30.0 Å². The Bertz CT molecular complexity index is 440. The largest absolute Gasteiger partial charge is 0.399 e. The summed E-state index contributed by atoms with van der Waals surface area (Å²) in [6.45, 7) is 0.620. The molecule has 17 heavy (non-hydrogen) atoms. The summed E-state index contributed by atoms with van der Waals surface area (Å²) >= 11 is 0. The zero-order chi connectivity index (χ0) is 12.1. The van der Waals surface area contributed by atoms with Crippen molar-refractivity contribution >= 4 is 11.6 Å². The van der Waals surface area contributed by atoms with E-state index in [4.69, 9.17) is 5.73 Å². The fourth-order valence-electron chi connectivity index (χ4n) is 1.92. The Morgan fingerprint density at radius 2 is 2.35 bits per heavy atom. The maximum absolute atomic E-state index is 11.8. The molecular formula is C13H17N3O. The molecule has 0 atom stereocenters. The minimum Gasteiger partial charge on any atom is -0.399 e. The van der Waals surface area contributed by atoms with E-state index in [1.165, 1.54) is 18.4 Å². The topological polar surface area (TPSA) is 68.0 Å². The zero-order valence-electron chi connectivity index (χ0n) is 9.78. The van der Waals surface area contributed by atoms with Crippen molar-refractivity contribution in [3.8, 4) is 0 Å². The van der Waals surface area contributed by atoms with Crippen LogP contribution < -0.4 is 11.1 Å². The number of pyridine rings is 1. The number of hydrogen-bond acceptors (Lipinski definition) is 3. The lowest BCUT2D eigenvalue weighted by Crippen LogP contribution is -2.26. The molecule has 1 amide bonds. The Kier molecular flexibility index (Phi) is 3.75. The van der Waals surface area contributed by atoms with Crippen molar-refractivity contribution in [2.45, 2.75) is 25.7 Å². The molecule has 1 aliphatic rings. The summed E-state index contributed by atoms with van der Waals surface area (Å²) in [5.41, 5.74) is 7.85. The fraction of sp³-hybridized carbons (Fsp3) is 0.385. The first-order valence-electron chi connectivity index (χ1n) is 5.93. The molecule has 1 aromatic heterocycles. The van der Waals surface area contributed by atoms with Crippen molar-refractivity contribution in [2.24, 2.45) is 0 Å². The van der Waals surface area contributed by atoms with Gasteiger partial charge in [0.15, 0.2) is 0 Å². The van der Waals surface area contributed by atoms with Gasteiger partial charge in [0.2, 0.25) is 0 Å². The van der Waals surface area contributed by atoms with Crippen molar-refractivity contribution in [3.63, 3.8) is 0 Å². The Morgan fingerprint density at radius 3 is 3.06 bits per heavy atom. The molecule has 2 rings (SSSR count). The molecule has 0 aliphatic heterocycles. The van der Waals surface area contributed by atoms with Crippen LogP contribution in [0.4, 0.5) is 5.69 Å². The first-order chi connectivity index (χ1) is 8.25. The molecule has 4 heteroatoms. The summed E-state index contributed by atoms with van der Waals surface area (Å²) in [7, 11) is 0. The third-order valence-corrected chi connectivity index (χ3v) is 2.88. The Morgan fingerprint density at radius 1 is 1.47 bits per heavy atom. The maximum atomic E-state index is 11.8. The third kappa shape index (κ3) is 3.31. The van der Waals surface area contributed by atoms with Crippen LogP contribution >= 0.6 is 0 Å². The number of nitrogen functional groups attached to an aromatic ring is 1. The van der Waals surface area contributed by atoms with E-state index in [1.54, 1.807) is 18.3 Å². The summed E-state index contributed by atoms with van der Waals surface area (Å²) < 4.78 is 0. The molecular weight excluding hydrogens is 214 g/mol. The lowest BCUT2D eigenvalue weighted by atomic mass is 10.00. The van der Waals surface area contributed by atoms with Crippen LogP contribution in [0.3, 0.4) is 0 Å². The predicted molar refractivity (Wildman–Crippen MR) is 67.5 cm³/mol. The van der Waals surface area contributed by atoms with Gasteiger partial charge in [-0.3, -0.25) is 9.78 Å². The highest BCUT2D eigenvalue weighted by Crippen LogP contribution is 2.16. The Balaban J connectivity index is 1.91. The highest BCUT2D eigenvalue weighted by molar-refractivity contribution is 5.93. The van der Waals surface area contributed by atoms with Gasteiger partial charge in [0.05, 0.1) is 0 Å². The van der Waals surface area contributed by atoms with E-state index in [0.717, 1.165) is 12.8 Å². The number of anilines is 1. The van der Waals surface area contributed by atoms with Gasteiger partial charge < -0.3 is 11.1 Å². The van der Waals surface area contributed by atoms with E-state index >= 15 is 0 Å². The SMILES string of the molecule is Nc1ccnc(C(=O)NCC2=CCCCC2)c1. The molecule has 0 saturated carbocycles. The molecule has 0 bridgehead atoms. The van der Waals surface area contributed by atoms with Gasteiger partial charge in [-0.05, 0) is 37.8 Å². The number of amides is 1. The quantitative estimate of drug-likeness (QED) is 0.781. The second-order valence-corrected chi connectivity index (χ2v) is 4.27. The number of allylic oxidation sites excluding steroid dienone is 1. The first kappa shape index (κ1) is 11.6. The highest BCUT2D eigenvalue weighted by atomic mass is 16.1. The predicted octanol–water partition coefficient (Wildman–Crippen LogP) is 1.89. The van der Waals surface area contributed by atoms with Crippen molar-refractivity contribution < 1.29 is 4.79 Å². The van der Waals surface area contributed by atoms with Crippen LogP contribution in [-0.2, 0) is 0 Å². The van der Waals surface area contributed by atoms with Gasteiger partial charge in [-0.25, -0.2) is 0 Å². The molecule has 0 aromatic carbocycles. The number of aromatic nitrogens is 1. The molecule has 1 aromatic rings. The van der Waals surface area contributed by atoms with Crippen LogP contribution in [0, 0.1) is 0 Å². The molecule has 90 valence electrons. The van der Waals surface area contributed by atoms with Gasteiger partial charge in [0.25, 0.3) is 5.91 Å². The number of nitrogens with one attached hydrogen (secondary N) is 1.